The highest BCUT2D eigenvalue weighted by atomic mass is 35.5. The largest absolute Gasteiger partial charge is 0.508 e. The van der Waals surface area contributed by atoms with Crippen LogP contribution in [0.5, 0.6) is 11.5 Å². The van der Waals surface area contributed by atoms with Crippen molar-refractivity contribution in [2.75, 3.05) is 26.2 Å². The third kappa shape index (κ3) is 5.92. The number of hydrogen-bond donors (Lipinski definition) is 3. The van der Waals surface area contributed by atoms with Gasteiger partial charge in [-0.25, -0.2) is 0 Å². The lowest BCUT2D eigenvalue weighted by molar-refractivity contribution is -0.0835. The van der Waals surface area contributed by atoms with Gasteiger partial charge in [-0.1, -0.05) is 31.5 Å². The lowest BCUT2D eigenvalue weighted by atomic mass is 9.84. The van der Waals surface area contributed by atoms with Crippen molar-refractivity contribution in [3.63, 3.8) is 0 Å². The quantitative estimate of drug-likeness (QED) is 0.475. The molecule has 7 nitrogen and oxygen atoms in total. The summed E-state index contributed by atoms with van der Waals surface area (Å²) in [6, 6.07) is 10.5. The van der Waals surface area contributed by atoms with E-state index < -0.39 is 6.10 Å². The summed E-state index contributed by atoms with van der Waals surface area (Å²) in [7, 11) is 0. The van der Waals surface area contributed by atoms with Crippen molar-refractivity contribution in [2.45, 2.75) is 63.9 Å². The third-order valence-corrected chi connectivity index (χ3v) is 7.39. The molecule has 0 aromatic heterocycles. The normalized spacial score (nSPS) is 18.0. The van der Waals surface area contributed by atoms with Crippen LogP contribution in [0, 0.1) is 0 Å². The predicted molar refractivity (Wildman–Crippen MR) is 135 cm³/mol. The number of amides is 1. The van der Waals surface area contributed by atoms with Crippen molar-refractivity contribution in [1.82, 2.24) is 10.2 Å². The van der Waals surface area contributed by atoms with Crippen LogP contribution in [0.1, 0.15) is 61.0 Å². The second kappa shape index (κ2) is 11.2. The molecule has 3 N–H and O–H groups in total. The van der Waals surface area contributed by atoms with Gasteiger partial charge in [0.2, 0.25) is 0 Å². The summed E-state index contributed by atoms with van der Waals surface area (Å²) in [6.45, 7) is 6.71. The summed E-state index contributed by atoms with van der Waals surface area (Å²) in [4.78, 5) is 14.9. The van der Waals surface area contributed by atoms with Crippen LogP contribution >= 0.6 is 11.6 Å². The first kappa shape index (κ1) is 25.8. The van der Waals surface area contributed by atoms with Gasteiger partial charge in [-0.05, 0) is 61.1 Å². The number of aliphatic hydroxyl groups excluding tert-OH is 1. The van der Waals surface area contributed by atoms with Crippen molar-refractivity contribution < 1.29 is 24.5 Å². The number of benzene rings is 2. The van der Waals surface area contributed by atoms with Gasteiger partial charge in [0.15, 0.2) is 0 Å². The summed E-state index contributed by atoms with van der Waals surface area (Å²) in [5.74, 6) is 0.0235. The fraction of sp³-hybridized carbons (Fsp3) is 0.519. The molecule has 35 heavy (non-hydrogen) atoms. The number of likely N-dealkylation sites (tertiary alicyclic amines) is 1. The number of nitrogens with one attached hydrogen (secondary N) is 1. The Hall–Kier alpha value is -2.32. The molecule has 0 radical (unpaired) electrons. The number of aliphatic hydroxyl groups is 1. The van der Waals surface area contributed by atoms with Gasteiger partial charge in [0.1, 0.15) is 24.2 Å². The van der Waals surface area contributed by atoms with Crippen LogP contribution in [-0.2, 0) is 16.9 Å². The number of phenols is 1. The number of nitrogens with zero attached hydrogens (tertiary/aromatic N) is 1. The zero-order valence-corrected chi connectivity index (χ0v) is 21.2. The zero-order valence-electron chi connectivity index (χ0n) is 20.4. The lowest BCUT2D eigenvalue weighted by Crippen LogP contribution is -2.46. The Morgan fingerprint density at radius 2 is 1.94 bits per heavy atom. The van der Waals surface area contributed by atoms with E-state index in [2.05, 4.69) is 16.3 Å². The Morgan fingerprint density at radius 3 is 2.66 bits per heavy atom. The first-order valence-corrected chi connectivity index (χ1v) is 12.8. The van der Waals surface area contributed by atoms with E-state index in [1.165, 1.54) is 17.7 Å². The minimum atomic E-state index is -0.739. The van der Waals surface area contributed by atoms with Crippen LogP contribution in [0.4, 0.5) is 0 Å². The van der Waals surface area contributed by atoms with Gasteiger partial charge >= 0.3 is 0 Å². The molecule has 0 bridgehead atoms. The first-order valence-electron chi connectivity index (χ1n) is 12.4. The highest BCUT2D eigenvalue weighted by molar-refractivity contribution is 6.30. The molecule has 8 heteroatoms. The molecule has 0 aliphatic carbocycles. The van der Waals surface area contributed by atoms with Crippen molar-refractivity contribution in [3.8, 4) is 11.5 Å². The summed E-state index contributed by atoms with van der Waals surface area (Å²) < 4.78 is 12.0. The molecular formula is C27H35ClN2O5. The first-order chi connectivity index (χ1) is 16.8. The maximum absolute atomic E-state index is 12.7. The number of ether oxygens (including phenoxy) is 2. The van der Waals surface area contributed by atoms with Crippen LogP contribution in [0.15, 0.2) is 36.4 Å². The second-order valence-corrected chi connectivity index (χ2v) is 9.95. The lowest BCUT2D eigenvalue weighted by Gasteiger charge is -2.39. The number of rotatable bonds is 9. The molecule has 1 atom stereocenters. The molecule has 2 aliphatic heterocycles. The standard InChI is InChI=1S/C27H35ClN2O5/c1-3-20(4-2)29-26(33)23-7-6-21(31)14-25(23)34-17-22(32)15-30-11-9-27(10-12-30)24-8-5-19(28)13-18(24)16-35-27/h5-8,13-14,20,22,31-32H,3-4,9-12,15-17H2,1-2H3,(H,29,33)/t22-/m1/s1. The number of halogens is 1. The van der Waals surface area contributed by atoms with E-state index in [0.29, 0.717) is 18.7 Å². The molecule has 2 aromatic rings. The minimum absolute atomic E-state index is 0.00744. The number of aromatic hydroxyl groups is 1. The van der Waals surface area contributed by atoms with E-state index in [4.69, 9.17) is 21.1 Å². The smallest absolute Gasteiger partial charge is 0.255 e. The summed E-state index contributed by atoms with van der Waals surface area (Å²) in [5.41, 5.74) is 2.47. The SMILES string of the molecule is CCC(CC)NC(=O)c1ccc(O)cc1OC[C@H](O)CN1CCC2(CC1)OCc1cc(Cl)ccc12. The van der Waals surface area contributed by atoms with E-state index in [1.54, 1.807) is 6.07 Å². The zero-order chi connectivity index (χ0) is 25.0. The van der Waals surface area contributed by atoms with E-state index in [0.717, 1.165) is 49.4 Å². The highest BCUT2D eigenvalue weighted by Gasteiger charge is 2.42. The van der Waals surface area contributed by atoms with Crippen LogP contribution in [0.25, 0.3) is 0 Å². The molecule has 4 rings (SSSR count). The monoisotopic (exact) mass is 502 g/mol. The molecular weight excluding hydrogens is 468 g/mol. The van der Waals surface area contributed by atoms with Crippen molar-refractivity contribution in [3.05, 3.63) is 58.1 Å². The number of phenolic OH excluding ortho intramolecular Hbond substituents is 1. The van der Waals surface area contributed by atoms with E-state index in [1.807, 2.05) is 26.0 Å². The molecule has 2 aliphatic rings. The summed E-state index contributed by atoms with van der Waals surface area (Å²) in [5, 5.41) is 24.3. The van der Waals surface area contributed by atoms with Gasteiger partial charge in [-0.3, -0.25) is 4.79 Å². The van der Waals surface area contributed by atoms with E-state index in [9.17, 15) is 15.0 Å². The summed E-state index contributed by atoms with van der Waals surface area (Å²) >= 11 is 6.14. The van der Waals surface area contributed by atoms with Crippen LogP contribution in [-0.4, -0.2) is 59.4 Å². The predicted octanol–water partition coefficient (Wildman–Crippen LogP) is 4.23. The number of piperidine rings is 1. The fourth-order valence-electron chi connectivity index (χ4n) is 5.04. The number of β-amino-alcohol motifs (C(OH)–C–C–N with tert-alkyl or cyclic N) is 1. The van der Waals surface area contributed by atoms with Gasteiger partial charge < -0.3 is 29.9 Å². The summed E-state index contributed by atoms with van der Waals surface area (Å²) in [6.07, 6.45) is 2.62. The average molecular weight is 503 g/mol. The van der Waals surface area contributed by atoms with Crippen LogP contribution in [0.3, 0.4) is 0 Å². The number of carbonyl (C=O) groups excluding carboxylic acids is 1. The van der Waals surface area contributed by atoms with E-state index in [-0.39, 0.29) is 35.7 Å². The van der Waals surface area contributed by atoms with Crippen molar-refractivity contribution in [1.29, 1.82) is 0 Å². The topological polar surface area (TPSA) is 91.3 Å². The Morgan fingerprint density at radius 1 is 1.20 bits per heavy atom. The average Bonchev–Trinajstić information content (AvgIpc) is 3.19. The van der Waals surface area contributed by atoms with Gasteiger partial charge in [-0.2, -0.15) is 0 Å². The van der Waals surface area contributed by atoms with E-state index >= 15 is 0 Å². The Kier molecular flexibility index (Phi) is 8.22. The molecule has 1 fully saturated rings. The maximum Gasteiger partial charge on any atom is 0.255 e. The molecule has 190 valence electrons. The maximum atomic E-state index is 12.7. The fourth-order valence-corrected chi connectivity index (χ4v) is 5.24. The number of carbonyl (C=O) groups is 1. The Balaban J connectivity index is 1.31. The number of fused-ring (bicyclic) bond motifs is 2. The van der Waals surface area contributed by atoms with Gasteiger partial charge in [0.25, 0.3) is 5.91 Å². The van der Waals surface area contributed by atoms with Gasteiger partial charge in [-0.15, -0.1) is 0 Å². The van der Waals surface area contributed by atoms with Gasteiger partial charge in [0.05, 0.1) is 17.8 Å². The van der Waals surface area contributed by atoms with Crippen LogP contribution in [0.2, 0.25) is 5.02 Å². The minimum Gasteiger partial charge on any atom is -0.508 e. The number of hydrogen-bond acceptors (Lipinski definition) is 6. The molecule has 0 unspecified atom stereocenters. The molecule has 2 heterocycles. The molecule has 1 amide bonds. The molecule has 1 spiro atoms. The van der Waals surface area contributed by atoms with Crippen LogP contribution < -0.4 is 10.1 Å². The second-order valence-electron chi connectivity index (χ2n) is 9.52. The molecule has 2 aromatic carbocycles. The third-order valence-electron chi connectivity index (χ3n) is 7.16. The molecule has 1 saturated heterocycles. The van der Waals surface area contributed by atoms with Crippen molar-refractivity contribution >= 4 is 17.5 Å². The molecule has 0 saturated carbocycles. The Bertz CT molecular complexity index is 1030. The van der Waals surface area contributed by atoms with Crippen molar-refractivity contribution in [2.24, 2.45) is 0 Å². The highest BCUT2D eigenvalue weighted by Crippen LogP contribution is 2.44. The van der Waals surface area contributed by atoms with Gasteiger partial charge in [0, 0.05) is 36.8 Å². The Labute approximate surface area is 212 Å².